The topological polar surface area (TPSA) is 54.0 Å². The van der Waals surface area contributed by atoms with E-state index in [1.165, 1.54) is 6.92 Å². The van der Waals surface area contributed by atoms with Gasteiger partial charge in [0.1, 0.15) is 11.3 Å². The molecule has 0 saturated carbocycles. The number of ether oxygens (including phenoxy) is 4. The summed E-state index contributed by atoms with van der Waals surface area (Å²) in [6.07, 6.45) is 1.01. The van der Waals surface area contributed by atoms with Gasteiger partial charge in [0.2, 0.25) is 6.29 Å². The van der Waals surface area contributed by atoms with Crippen molar-refractivity contribution in [1.29, 1.82) is 0 Å². The maximum absolute atomic E-state index is 10.9. The number of rotatable bonds is 4. The molecule has 2 bridgehead atoms. The average Bonchev–Trinajstić information content (AvgIpc) is 2.61. The van der Waals surface area contributed by atoms with E-state index in [4.69, 9.17) is 42.1 Å². The minimum Gasteiger partial charge on any atom is -0.466 e. The van der Waals surface area contributed by atoms with Crippen LogP contribution in [0.1, 0.15) is 44.1 Å². The van der Waals surface area contributed by atoms with Crippen LogP contribution in [-0.2, 0) is 25.4 Å². The predicted octanol–water partition coefficient (Wildman–Crippen LogP) is 4.19. The second kappa shape index (κ2) is 7.48. The zero-order chi connectivity index (χ0) is 17.3. The molecule has 7 heteroatoms. The largest absolute Gasteiger partial charge is 0.466 e. The highest BCUT2D eigenvalue weighted by Crippen LogP contribution is 2.45. The fraction of sp³-hybridized carbons (Fsp3) is 0.588. The van der Waals surface area contributed by atoms with Crippen LogP contribution in [0.15, 0.2) is 12.1 Å². The lowest BCUT2D eigenvalue weighted by molar-refractivity contribution is -0.236. The van der Waals surface area contributed by atoms with Gasteiger partial charge >= 0.3 is 5.97 Å². The molecule has 4 atom stereocenters. The molecule has 5 nitrogen and oxygen atoms in total. The third-order valence-electron chi connectivity index (χ3n) is 4.09. The van der Waals surface area contributed by atoms with Crippen LogP contribution in [0.4, 0.5) is 0 Å². The van der Waals surface area contributed by atoms with Crippen LogP contribution in [0.5, 0.6) is 5.75 Å². The van der Waals surface area contributed by atoms with E-state index in [1.54, 1.807) is 6.07 Å². The molecular formula is C17H20Cl2O5. The Morgan fingerprint density at radius 1 is 1.38 bits per heavy atom. The fourth-order valence-electron chi connectivity index (χ4n) is 2.94. The van der Waals surface area contributed by atoms with Gasteiger partial charge in [-0.2, -0.15) is 0 Å². The van der Waals surface area contributed by atoms with Crippen molar-refractivity contribution in [3.63, 3.8) is 0 Å². The highest BCUT2D eigenvalue weighted by Gasteiger charge is 2.39. The average molecular weight is 375 g/mol. The quantitative estimate of drug-likeness (QED) is 0.449. The number of aryl methyl sites for hydroxylation is 1. The summed E-state index contributed by atoms with van der Waals surface area (Å²) in [4.78, 5) is 10.9. The van der Waals surface area contributed by atoms with E-state index < -0.39 is 18.1 Å². The molecule has 0 aliphatic carbocycles. The Labute approximate surface area is 151 Å². The number of carbonyl (C=O) groups is 1. The number of fused-ring (bicyclic) bond motifs is 4. The van der Waals surface area contributed by atoms with Gasteiger partial charge in [-0.1, -0.05) is 30.1 Å². The third kappa shape index (κ3) is 3.97. The zero-order valence-corrected chi connectivity index (χ0v) is 15.1. The molecule has 4 unspecified atom stereocenters. The Kier molecular flexibility index (Phi) is 5.55. The first-order chi connectivity index (χ1) is 11.4. The number of esters is 1. The van der Waals surface area contributed by atoms with E-state index in [0.29, 0.717) is 30.9 Å². The van der Waals surface area contributed by atoms with Gasteiger partial charge in [0.25, 0.3) is 0 Å². The van der Waals surface area contributed by atoms with Gasteiger partial charge in [0.05, 0.1) is 12.2 Å². The summed E-state index contributed by atoms with van der Waals surface area (Å²) in [7, 11) is 0. The lowest BCUT2D eigenvalue weighted by atomic mass is 10.0. The second-order valence-electron chi connectivity index (χ2n) is 6.14. The Bertz CT molecular complexity index is 621. The van der Waals surface area contributed by atoms with Gasteiger partial charge in [-0.05, 0) is 37.0 Å². The van der Waals surface area contributed by atoms with Gasteiger partial charge in [0.15, 0.2) is 6.29 Å². The summed E-state index contributed by atoms with van der Waals surface area (Å²) < 4.78 is 22.7. The maximum atomic E-state index is 10.9. The van der Waals surface area contributed by atoms with E-state index in [-0.39, 0.29) is 11.9 Å². The molecule has 0 amide bonds. The summed E-state index contributed by atoms with van der Waals surface area (Å²) in [5.74, 6) is 0.561. The van der Waals surface area contributed by atoms with Crippen molar-refractivity contribution < 1.29 is 23.7 Å². The lowest BCUT2D eigenvalue weighted by Gasteiger charge is -2.33. The Morgan fingerprint density at radius 3 is 2.92 bits per heavy atom. The molecule has 2 aliphatic heterocycles. The first-order valence-electron chi connectivity index (χ1n) is 8.01. The van der Waals surface area contributed by atoms with Crippen molar-refractivity contribution in [2.45, 2.75) is 51.3 Å². The number of carbonyl (C=O) groups excluding carboxylic acids is 1. The molecule has 0 spiro atoms. The number of alkyl halides is 1. The summed E-state index contributed by atoms with van der Waals surface area (Å²) in [5, 5.41) is 0.578. The molecule has 2 aliphatic rings. The molecule has 3 rings (SSSR count). The number of hydrogen-bond acceptors (Lipinski definition) is 5. The van der Waals surface area contributed by atoms with Gasteiger partial charge in [-0.3, -0.25) is 4.79 Å². The van der Waals surface area contributed by atoms with E-state index in [9.17, 15) is 4.79 Å². The van der Waals surface area contributed by atoms with Crippen LogP contribution >= 0.6 is 23.2 Å². The second-order valence-corrected chi connectivity index (χ2v) is 7.06. The molecule has 0 radical (unpaired) electrons. The zero-order valence-electron chi connectivity index (χ0n) is 13.6. The smallest absolute Gasteiger partial charge is 0.302 e. The predicted molar refractivity (Wildman–Crippen MR) is 89.2 cm³/mol. The molecule has 132 valence electrons. The number of halogens is 2. The van der Waals surface area contributed by atoms with Crippen molar-refractivity contribution >= 4 is 29.2 Å². The van der Waals surface area contributed by atoms with Crippen LogP contribution in [0, 0.1) is 5.92 Å². The van der Waals surface area contributed by atoms with Gasteiger partial charge in [-0.25, -0.2) is 0 Å². The fourth-order valence-corrected chi connectivity index (χ4v) is 3.57. The minimum absolute atomic E-state index is 0.107. The Balaban J connectivity index is 1.84. The molecule has 1 aromatic carbocycles. The molecule has 0 aromatic heterocycles. The van der Waals surface area contributed by atoms with Gasteiger partial charge in [0, 0.05) is 17.9 Å². The molecule has 2 heterocycles. The Hall–Kier alpha value is -1.01. The summed E-state index contributed by atoms with van der Waals surface area (Å²) in [6, 6.07) is 3.65. The number of benzene rings is 1. The van der Waals surface area contributed by atoms with Crippen LogP contribution in [0.25, 0.3) is 0 Å². The summed E-state index contributed by atoms with van der Waals surface area (Å²) >= 11 is 12.5. The minimum atomic E-state index is -0.586. The van der Waals surface area contributed by atoms with E-state index in [2.05, 4.69) is 0 Å². The first-order valence-corrected chi connectivity index (χ1v) is 8.83. The van der Waals surface area contributed by atoms with E-state index in [0.717, 1.165) is 16.9 Å². The van der Waals surface area contributed by atoms with E-state index >= 15 is 0 Å². The van der Waals surface area contributed by atoms with Gasteiger partial charge < -0.3 is 18.9 Å². The molecule has 1 saturated heterocycles. The standard InChI is InChI=1S/C17H20Cl2O5/c1-9-6-14(19)22-17-13-8-12(18)7-11(4-3-5-21-10(2)20)15(13)23-16(9)24-17/h7-9,14,16-17H,3-6H2,1-2H3. The van der Waals surface area contributed by atoms with Crippen molar-refractivity contribution in [1.82, 2.24) is 0 Å². The van der Waals surface area contributed by atoms with Crippen molar-refractivity contribution in [3.8, 4) is 5.75 Å². The number of hydrogen-bond donors (Lipinski definition) is 0. The molecule has 24 heavy (non-hydrogen) atoms. The van der Waals surface area contributed by atoms with E-state index in [1.807, 2.05) is 13.0 Å². The summed E-state index contributed by atoms with van der Waals surface area (Å²) in [5.41, 5.74) is 1.27. The summed E-state index contributed by atoms with van der Waals surface area (Å²) in [6.45, 7) is 3.78. The highest BCUT2D eigenvalue weighted by atomic mass is 35.5. The molecule has 0 N–H and O–H groups in total. The third-order valence-corrected chi connectivity index (χ3v) is 4.59. The van der Waals surface area contributed by atoms with Crippen LogP contribution in [-0.4, -0.2) is 24.4 Å². The van der Waals surface area contributed by atoms with Gasteiger partial charge in [-0.15, -0.1) is 0 Å². The molecule has 1 fully saturated rings. The normalized spacial score (nSPS) is 28.5. The van der Waals surface area contributed by atoms with Crippen LogP contribution < -0.4 is 4.74 Å². The lowest BCUT2D eigenvalue weighted by Crippen LogP contribution is -2.33. The molecule has 1 aromatic rings. The van der Waals surface area contributed by atoms with Crippen molar-refractivity contribution in [3.05, 3.63) is 28.3 Å². The Morgan fingerprint density at radius 2 is 2.17 bits per heavy atom. The highest BCUT2D eigenvalue weighted by molar-refractivity contribution is 6.30. The SMILES string of the molecule is CC(=O)OCCCc1cc(Cl)cc2c1OC1OC2OC(Cl)CC1C. The van der Waals surface area contributed by atoms with Crippen LogP contribution in [0.2, 0.25) is 5.02 Å². The van der Waals surface area contributed by atoms with Crippen LogP contribution in [0.3, 0.4) is 0 Å². The first kappa shape index (κ1) is 17.8. The monoisotopic (exact) mass is 374 g/mol. The van der Waals surface area contributed by atoms with Crippen molar-refractivity contribution in [2.24, 2.45) is 5.92 Å². The molecular weight excluding hydrogens is 355 g/mol. The van der Waals surface area contributed by atoms with Crippen molar-refractivity contribution in [2.75, 3.05) is 6.61 Å². The maximum Gasteiger partial charge on any atom is 0.302 e.